The number of halogens is 1. The van der Waals surface area contributed by atoms with E-state index in [-0.39, 0.29) is 0 Å². The van der Waals surface area contributed by atoms with Gasteiger partial charge >= 0.3 is 0 Å². The first-order valence-electron chi connectivity index (χ1n) is 3.40. The lowest BCUT2D eigenvalue weighted by molar-refractivity contribution is 0.413. The summed E-state index contributed by atoms with van der Waals surface area (Å²) in [6, 6.07) is 3.93. The predicted molar refractivity (Wildman–Crippen MR) is 53.9 cm³/mol. The first-order chi connectivity index (χ1) is 5.83. The molecule has 2 nitrogen and oxygen atoms in total. The minimum absolute atomic E-state index is 0.853. The third-order valence-electron chi connectivity index (χ3n) is 1.65. The van der Waals surface area contributed by atoms with Crippen molar-refractivity contribution in [2.45, 2.75) is 0 Å². The van der Waals surface area contributed by atoms with Crippen LogP contribution in [0.4, 0.5) is 0 Å². The van der Waals surface area contributed by atoms with Gasteiger partial charge in [0.1, 0.15) is 5.75 Å². The van der Waals surface area contributed by atoms with Crippen molar-refractivity contribution in [2.24, 2.45) is 0 Å². The molecule has 0 unspecified atom stereocenters. The Morgan fingerprint density at radius 1 is 1.50 bits per heavy atom. The van der Waals surface area contributed by atoms with E-state index in [9.17, 15) is 0 Å². The van der Waals surface area contributed by atoms with Crippen LogP contribution in [0.15, 0.2) is 22.8 Å². The van der Waals surface area contributed by atoms with Gasteiger partial charge in [-0.2, -0.15) is 4.37 Å². The lowest BCUT2D eigenvalue weighted by atomic mass is 10.3. The van der Waals surface area contributed by atoms with Crippen molar-refractivity contribution < 1.29 is 4.74 Å². The van der Waals surface area contributed by atoms with E-state index in [0.29, 0.717) is 0 Å². The first kappa shape index (κ1) is 8.01. The van der Waals surface area contributed by atoms with E-state index in [1.807, 2.05) is 18.3 Å². The Morgan fingerprint density at radius 2 is 2.33 bits per heavy atom. The summed E-state index contributed by atoms with van der Waals surface area (Å²) in [6.45, 7) is 0. The van der Waals surface area contributed by atoms with Gasteiger partial charge in [-0.1, -0.05) is 0 Å². The van der Waals surface area contributed by atoms with Gasteiger partial charge in [-0.15, -0.1) is 0 Å². The van der Waals surface area contributed by atoms with Crippen LogP contribution in [0.2, 0.25) is 0 Å². The van der Waals surface area contributed by atoms with E-state index in [1.165, 1.54) is 11.5 Å². The van der Waals surface area contributed by atoms with Crippen molar-refractivity contribution in [2.75, 3.05) is 7.11 Å². The Hall–Kier alpha value is -0.610. The van der Waals surface area contributed by atoms with E-state index in [2.05, 4.69) is 20.3 Å². The molecule has 0 aliphatic rings. The molecule has 0 amide bonds. The maximum atomic E-state index is 5.15. The Kier molecular flexibility index (Phi) is 2.02. The summed E-state index contributed by atoms with van der Waals surface area (Å²) >= 11 is 4.93. The molecule has 2 rings (SSSR count). The van der Waals surface area contributed by atoms with Crippen LogP contribution < -0.4 is 4.74 Å². The second kappa shape index (κ2) is 3.03. The van der Waals surface area contributed by atoms with Crippen molar-refractivity contribution in [3.05, 3.63) is 22.8 Å². The first-order valence-corrected chi connectivity index (χ1v) is 4.96. The Labute approximate surface area is 82.5 Å². The Bertz CT molecular complexity index is 412. The summed E-state index contributed by atoms with van der Waals surface area (Å²) in [7, 11) is 1.66. The number of fused-ring (bicyclic) bond motifs is 1. The quantitative estimate of drug-likeness (QED) is 0.769. The molecule has 0 aliphatic heterocycles. The molecule has 0 bridgehead atoms. The summed E-state index contributed by atoms with van der Waals surface area (Å²) in [5.41, 5.74) is 0. The van der Waals surface area contributed by atoms with Crippen LogP contribution >= 0.6 is 27.5 Å². The van der Waals surface area contributed by atoms with Crippen LogP contribution in [-0.4, -0.2) is 11.5 Å². The number of hydrogen-bond donors (Lipinski definition) is 0. The van der Waals surface area contributed by atoms with Gasteiger partial charge in [0.2, 0.25) is 0 Å². The van der Waals surface area contributed by atoms with Gasteiger partial charge in [0.05, 0.1) is 16.3 Å². The number of nitrogens with zero attached hydrogens (tertiary/aromatic N) is 1. The zero-order valence-electron chi connectivity index (χ0n) is 6.37. The average Bonchev–Trinajstić information content (AvgIpc) is 2.53. The molecule has 2 aromatic rings. The van der Waals surface area contributed by atoms with E-state index < -0.39 is 0 Å². The minimum Gasteiger partial charge on any atom is -0.496 e. The standard InChI is InChI=1S/C8H6BrNOS/c1-11-6-3-2-5-4-10-12-8(5)7(6)9/h2-4H,1H3. The Balaban J connectivity index is 2.78. The summed E-state index contributed by atoms with van der Waals surface area (Å²) in [4.78, 5) is 0. The fraction of sp³-hybridized carbons (Fsp3) is 0.125. The minimum atomic E-state index is 0.853. The van der Waals surface area contributed by atoms with Crippen molar-refractivity contribution in [1.29, 1.82) is 0 Å². The summed E-state index contributed by atoms with van der Waals surface area (Å²) < 4.78 is 11.4. The van der Waals surface area contributed by atoms with Gasteiger partial charge in [-0.3, -0.25) is 0 Å². The van der Waals surface area contributed by atoms with Gasteiger partial charge in [0, 0.05) is 11.6 Å². The number of hydrogen-bond acceptors (Lipinski definition) is 3. The van der Waals surface area contributed by atoms with E-state index in [0.717, 1.165) is 20.3 Å². The maximum Gasteiger partial charge on any atom is 0.134 e. The second-order valence-corrected chi connectivity index (χ2v) is 3.92. The molecular weight excluding hydrogens is 238 g/mol. The molecule has 0 radical (unpaired) electrons. The zero-order chi connectivity index (χ0) is 8.55. The SMILES string of the molecule is COc1ccc2cnsc2c1Br. The topological polar surface area (TPSA) is 22.1 Å². The van der Waals surface area contributed by atoms with E-state index in [4.69, 9.17) is 4.74 Å². The molecule has 12 heavy (non-hydrogen) atoms. The van der Waals surface area contributed by atoms with Crippen LogP contribution in [0.1, 0.15) is 0 Å². The lowest BCUT2D eigenvalue weighted by Gasteiger charge is -2.01. The van der Waals surface area contributed by atoms with Gasteiger partial charge in [-0.05, 0) is 39.6 Å². The fourth-order valence-electron chi connectivity index (χ4n) is 1.04. The highest BCUT2D eigenvalue weighted by Gasteiger charge is 2.06. The lowest BCUT2D eigenvalue weighted by Crippen LogP contribution is -1.82. The molecular formula is C8H6BrNOS. The normalized spacial score (nSPS) is 10.5. The molecule has 0 aliphatic carbocycles. The largest absolute Gasteiger partial charge is 0.496 e. The van der Waals surface area contributed by atoms with Gasteiger partial charge in [0.25, 0.3) is 0 Å². The van der Waals surface area contributed by atoms with E-state index in [1.54, 1.807) is 7.11 Å². The third kappa shape index (κ3) is 1.11. The van der Waals surface area contributed by atoms with Crippen LogP contribution in [0.5, 0.6) is 5.75 Å². The molecule has 62 valence electrons. The Morgan fingerprint density at radius 3 is 3.08 bits per heavy atom. The number of rotatable bonds is 1. The summed E-state index contributed by atoms with van der Waals surface area (Å²) in [5, 5.41) is 1.15. The molecule has 0 atom stereocenters. The number of ether oxygens (including phenoxy) is 1. The fourth-order valence-corrected chi connectivity index (χ4v) is 2.46. The van der Waals surface area contributed by atoms with Crippen LogP contribution in [0, 0.1) is 0 Å². The summed E-state index contributed by atoms with van der Waals surface area (Å²) in [5.74, 6) is 0.853. The van der Waals surface area contributed by atoms with Crippen molar-refractivity contribution in [1.82, 2.24) is 4.37 Å². The number of benzene rings is 1. The average molecular weight is 244 g/mol. The van der Waals surface area contributed by atoms with Crippen LogP contribution in [-0.2, 0) is 0 Å². The van der Waals surface area contributed by atoms with Crippen molar-refractivity contribution >= 4 is 37.5 Å². The zero-order valence-corrected chi connectivity index (χ0v) is 8.78. The molecule has 0 saturated heterocycles. The van der Waals surface area contributed by atoms with Gasteiger partial charge < -0.3 is 4.74 Å². The van der Waals surface area contributed by atoms with Crippen molar-refractivity contribution in [3.8, 4) is 5.75 Å². The highest BCUT2D eigenvalue weighted by Crippen LogP contribution is 2.34. The second-order valence-electron chi connectivity index (χ2n) is 2.33. The monoisotopic (exact) mass is 243 g/mol. The molecule has 1 aromatic heterocycles. The molecule has 1 aromatic carbocycles. The smallest absolute Gasteiger partial charge is 0.134 e. The molecule has 0 saturated carbocycles. The van der Waals surface area contributed by atoms with E-state index >= 15 is 0 Å². The van der Waals surface area contributed by atoms with Crippen molar-refractivity contribution in [3.63, 3.8) is 0 Å². The predicted octanol–water partition coefficient (Wildman–Crippen LogP) is 3.07. The van der Waals surface area contributed by atoms with Gasteiger partial charge in [-0.25, -0.2) is 0 Å². The molecule has 0 fully saturated rings. The van der Waals surface area contributed by atoms with Gasteiger partial charge in [0.15, 0.2) is 0 Å². The van der Waals surface area contributed by atoms with Crippen LogP contribution in [0.3, 0.4) is 0 Å². The highest BCUT2D eigenvalue weighted by molar-refractivity contribution is 9.10. The summed E-state index contributed by atoms with van der Waals surface area (Å²) in [6.07, 6.45) is 1.85. The molecule has 4 heteroatoms. The maximum absolute atomic E-state index is 5.15. The molecule has 0 spiro atoms. The molecule has 0 N–H and O–H groups in total. The number of methoxy groups -OCH3 is 1. The van der Waals surface area contributed by atoms with Crippen LogP contribution in [0.25, 0.3) is 10.1 Å². The third-order valence-corrected chi connectivity index (χ3v) is 3.53. The highest BCUT2D eigenvalue weighted by atomic mass is 79.9. The molecule has 1 heterocycles. The number of aromatic nitrogens is 1.